The summed E-state index contributed by atoms with van der Waals surface area (Å²) in [5.74, 6) is -0.264. The van der Waals surface area contributed by atoms with Crippen LogP contribution in [-0.2, 0) is 22.9 Å². The van der Waals surface area contributed by atoms with E-state index in [2.05, 4.69) is 4.90 Å². The lowest BCUT2D eigenvalue weighted by Gasteiger charge is -2.47. The third-order valence-corrected chi connectivity index (χ3v) is 7.93. The second-order valence-corrected chi connectivity index (χ2v) is 10.1. The minimum absolute atomic E-state index is 0.102. The Hall–Kier alpha value is -2.73. The van der Waals surface area contributed by atoms with E-state index < -0.39 is 21.5 Å². The Morgan fingerprint density at radius 2 is 1.32 bits per heavy atom. The summed E-state index contributed by atoms with van der Waals surface area (Å²) >= 11 is 0. The quantitative estimate of drug-likeness (QED) is 0.604. The second kappa shape index (κ2) is 8.79. The molecule has 0 bridgehead atoms. The maximum atomic E-state index is 12.6. The smallest absolute Gasteiger partial charge is 0.180 e. The zero-order valence-corrected chi connectivity index (χ0v) is 18.4. The number of aliphatic hydroxyl groups is 1. The lowest BCUT2D eigenvalue weighted by atomic mass is 9.92. The Bertz CT molecular complexity index is 1100. The number of nitrogens with zero attached hydrogens (tertiary/aromatic N) is 1. The van der Waals surface area contributed by atoms with Crippen LogP contribution in [0.3, 0.4) is 0 Å². The lowest BCUT2D eigenvalue weighted by Crippen LogP contribution is -2.63. The van der Waals surface area contributed by atoms with Crippen LogP contribution in [0.1, 0.15) is 23.6 Å². The molecule has 1 fully saturated rings. The highest BCUT2D eigenvalue weighted by Gasteiger charge is 2.57. The summed E-state index contributed by atoms with van der Waals surface area (Å²) in [4.78, 5) is 2.25. The SMILES string of the molecule is C[C@H](N(Cc1ccccc1)Cc1ccccc1)C1(O)CS(=O)(=O)/C1=C\c1ccccc1. The Morgan fingerprint density at radius 1 is 0.871 bits per heavy atom. The van der Waals surface area contributed by atoms with Crippen LogP contribution in [0.5, 0.6) is 0 Å². The van der Waals surface area contributed by atoms with Gasteiger partial charge < -0.3 is 5.11 Å². The topological polar surface area (TPSA) is 57.6 Å². The van der Waals surface area contributed by atoms with Gasteiger partial charge >= 0.3 is 0 Å². The molecule has 1 heterocycles. The van der Waals surface area contributed by atoms with Crippen molar-refractivity contribution < 1.29 is 13.5 Å². The third-order valence-electron chi connectivity index (χ3n) is 5.96. The summed E-state index contributed by atoms with van der Waals surface area (Å²) < 4.78 is 25.3. The van der Waals surface area contributed by atoms with Gasteiger partial charge in [-0.3, -0.25) is 4.90 Å². The van der Waals surface area contributed by atoms with Crippen molar-refractivity contribution in [2.24, 2.45) is 0 Å². The number of rotatable bonds is 7. The van der Waals surface area contributed by atoms with Gasteiger partial charge in [0.05, 0.1) is 10.7 Å². The van der Waals surface area contributed by atoms with E-state index in [1.54, 1.807) is 6.08 Å². The van der Waals surface area contributed by atoms with Crippen molar-refractivity contribution in [1.82, 2.24) is 4.90 Å². The van der Waals surface area contributed by atoms with Crippen LogP contribution >= 0.6 is 0 Å². The van der Waals surface area contributed by atoms with Crippen molar-refractivity contribution in [2.75, 3.05) is 5.75 Å². The second-order valence-electron chi connectivity index (χ2n) is 8.15. The molecule has 1 N–H and O–H groups in total. The van der Waals surface area contributed by atoms with Crippen LogP contribution in [0.2, 0.25) is 0 Å². The minimum Gasteiger partial charge on any atom is -0.382 e. The Morgan fingerprint density at radius 3 is 1.77 bits per heavy atom. The van der Waals surface area contributed by atoms with Crippen LogP contribution in [0.15, 0.2) is 95.9 Å². The van der Waals surface area contributed by atoms with Crippen LogP contribution < -0.4 is 0 Å². The maximum absolute atomic E-state index is 12.6. The van der Waals surface area contributed by atoms with Gasteiger partial charge in [0.15, 0.2) is 9.84 Å². The molecule has 1 saturated heterocycles. The zero-order valence-electron chi connectivity index (χ0n) is 17.6. The zero-order chi connectivity index (χ0) is 21.9. The monoisotopic (exact) mass is 433 g/mol. The maximum Gasteiger partial charge on any atom is 0.180 e. The molecule has 3 aromatic carbocycles. The summed E-state index contributed by atoms with van der Waals surface area (Å²) in [7, 11) is -3.47. The molecule has 0 saturated carbocycles. The normalized spacial score (nSPS) is 22.2. The Kier molecular flexibility index (Phi) is 6.10. The van der Waals surface area contributed by atoms with Gasteiger partial charge in [0, 0.05) is 19.1 Å². The minimum atomic E-state index is -3.47. The van der Waals surface area contributed by atoms with Crippen LogP contribution in [-0.4, -0.2) is 35.8 Å². The molecule has 5 heteroatoms. The fraction of sp³-hybridized carbons (Fsp3) is 0.231. The van der Waals surface area contributed by atoms with Crippen molar-refractivity contribution in [1.29, 1.82) is 0 Å². The van der Waals surface area contributed by atoms with Crippen molar-refractivity contribution in [3.8, 4) is 0 Å². The van der Waals surface area contributed by atoms with E-state index in [9.17, 15) is 13.5 Å². The summed E-state index contributed by atoms with van der Waals surface area (Å²) in [5.41, 5.74) is 1.57. The molecule has 4 nitrogen and oxygen atoms in total. The van der Waals surface area contributed by atoms with Gasteiger partial charge in [-0.1, -0.05) is 91.0 Å². The highest BCUT2D eigenvalue weighted by Crippen LogP contribution is 2.42. The van der Waals surface area contributed by atoms with Gasteiger partial charge in [0.2, 0.25) is 0 Å². The molecule has 1 aliphatic rings. The van der Waals surface area contributed by atoms with Gasteiger partial charge in [-0.25, -0.2) is 8.42 Å². The van der Waals surface area contributed by atoms with Gasteiger partial charge in [0.25, 0.3) is 0 Å². The van der Waals surface area contributed by atoms with Crippen LogP contribution in [0, 0.1) is 0 Å². The first-order valence-corrected chi connectivity index (χ1v) is 12.1. The molecule has 4 rings (SSSR count). The van der Waals surface area contributed by atoms with E-state index in [4.69, 9.17) is 0 Å². The first-order chi connectivity index (χ1) is 14.9. The molecule has 0 spiro atoms. The molecule has 0 aromatic heterocycles. The summed E-state index contributed by atoms with van der Waals surface area (Å²) in [6, 6.07) is 29.0. The van der Waals surface area contributed by atoms with E-state index in [1.165, 1.54) is 0 Å². The first kappa shape index (κ1) is 21.5. The molecule has 0 radical (unpaired) electrons. The van der Waals surface area contributed by atoms with E-state index >= 15 is 0 Å². The van der Waals surface area contributed by atoms with Crippen LogP contribution in [0.4, 0.5) is 0 Å². The summed E-state index contributed by atoms with van der Waals surface area (Å²) in [6.45, 7) is 3.13. The average molecular weight is 434 g/mol. The molecule has 31 heavy (non-hydrogen) atoms. The molecule has 1 unspecified atom stereocenters. The molecular weight excluding hydrogens is 406 g/mol. The fourth-order valence-electron chi connectivity index (χ4n) is 4.14. The lowest BCUT2D eigenvalue weighted by molar-refractivity contribution is -0.00490. The highest BCUT2D eigenvalue weighted by atomic mass is 32.2. The van der Waals surface area contributed by atoms with Crippen molar-refractivity contribution in [3.05, 3.63) is 113 Å². The van der Waals surface area contributed by atoms with E-state index in [-0.39, 0.29) is 10.7 Å². The summed E-state index contributed by atoms with van der Waals surface area (Å²) in [5, 5.41) is 11.6. The standard InChI is InChI=1S/C26H27NO3S/c1-21(26(28)20-31(29,30)25(26)17-22-11-5-2-6-12-22)27(18-23-13-7-3-8-14-23)19-24-15-9-4-10-16-24/h2-17,21,28H,18-20H2,1H3/b25-17-/t21-,26?/m0/s1. The van der Waals surface area contributed by atoms with Gasteiger partial charge in [0.1, 0.15) is 5.60 Å². The fourth-order valence-corrected chi connectivity index (χ4v) is 6.12. The van der Waals surface area contributed by atoms with E-state index in [0.29, 0.717) is 13.1 Å². The Balaban J connectivity index is 1.67. The predicted octanol–water partition coefficient (Wildman–Crippen LogP) is 4.28. The van der Waals surface area contributed by atoms with E-state index in [0.717, 1.165) is 16.7 Å². The largest absolute Gasteiger partial charge is 0.382 e. The number of benzene rings is 3. The molecular formula is C26H27NO3S. The molecule has 1 aliphatic heterocycles. The number of sulfone groups is 1. The van der Waals surface area contributed by atoms with Crippen molar-refractivity contribution in [3.63, 3.8) is 0 Å². The Labute approximate surface area is 184 Å². The molecule has 3 aromatic rings. The molecule has 0 aliphatic carbocycles. The highest BCUT2D eigenvalue weighted by molar-refractivity contribution is 7.97. The number of hydrogen-bond donors (Lipinski definition) is 1. The first-order valence-electron chi connectivity index (χ1n) is 10.4. The van der Waals surface area contributed by atoms with Crippen molar-refractivity contribution >= 4 is 15.9 Å². The molecule has 0 amide bonds. The van der Waals surface area contributed by atoms with Gasteiger partial charge in [-0.05, 0) is 29.7 Å². The molecule has 160 valence electrons. The average Bonchev–Trinajstić information content (AvgIpc) is 2.78. The predicted molar refractivity (Wildman–Crippen MR) is 125 cm³/mol. The molecule has 2 atom stereocenters. The van der Waals surface area contributed by atoms with E-state index in [1.807, 2.05) is 97.9 Å². The summed E-state index contributed by atoms with van der Waals surface area (Å²) in [6.07, 6.45) is 1.61. The van der Waals surface area contributed by atoms with Gasteiger partial charge in [-0.2, -0.15) is 0 Å². The number of hydrogen-bond acceptors (Lipinski definition) is 4. The van der Waals surface area contributed by atoms with Crippen molar-refractivity contribution in [2.45, 2.75) is 31.7 Å². The van der Waals surface area contributed by atoms with Crippen LogP contribution in [0.25, 0.3) is 6.08 Å². The van der Waals surface area contributed by atoms with Gasteiger partial charge in [-0.15, -0.1) is 0 Å². The third kappa shape index (κ3) is 4.64.